The van der Waals surface area contributed by atoms with Crippen molar-refractivity contribution in [3.8, 4) is 5.75 Å². The lowest BCUT2D eigenvalue weighted by molar-refractivity contribution is -0.138. The number of rotatable bonds is 6. The van der Waals surface area contributed by atoms with Gasteiger partial charge in [-0.2, -0.15) is 23.0 Å². The number of halogens is 3. The number of amides is 1. The van der Waals surface area contributed by atoms with Crippen LogP contribution in [0, 0.1) is 11.8 Å². The van der Waals surface area contributed by atoms with E-state index >= 15 is 0 Å². The van der Waals surface area contributed by atoms with Crippen LogP contribution in [0.3, 0.4) is 0 Å². The molecular weight excluding hydrogens is 515 g/mol. The van der Waals surface area contributed by atoms with Crippen LogP contribution in [0.2, 0.25) is 0 Å². The number of carbonyl (C=O) groups is 2. The number of aldehydes is 1. The Labute approximate surface area is 225 Å². The average molecular weight is 550 g/mol. The Kier molecular flexibility index (Phi) is 9.62. The van der Waals surface area contributed by atoms with E-state index in [0.717, 1.165) is 24.2 Å². The van der Waals surface area contributed by atoms with E-state index in [1.165, 1.54) is 36.0 Å². The number of hydrogen-bond acceptors (Lipinski definition) is 8. The minimum Gasteiger partial charge on any atom is -0.456 e. The van der Waals surface area contributed by atoms with Crippen LogP contribution in [0.1, 0.15) is 18.1 Å². The molecular formula is C26H34F3N7O3. The predicted molar refractivity (Wildman–Crippen MR) is 141 cm³/mol. The topological polar surface area (TPSA) is 123 Å². The number of anilines is 1. The largest absolute Gasteiger partial charge is 0.456 e. The first-order valence-electron chi connectivity index (χ1n) is 12.3. The zero-order valence-electron chi connectivity index (χ0n) is 22.1. The van der Waals surface area contributed by atoms with Gasteiger partial charge in [-0.3, -0.25) is 4.90 Å². The SMILES string of the molecule is CC=O.CN(C)c1cnn(C(=O)N2CC3CN(Cc4ccc(OC(/C=C\N)=C/N)cc4C(F)(F)F)CC3C2)c1. The van der Waals surface area contributed by atoms with Crippen LogP contribution < -0.4 is 21.1 Å². The molecule has 0 radical (unpaired) electrons. The summed E-state index contributed by atoms with van der Waals surface area (Å²) in [5, 5.41) is 4.16. The molecule has 0 aliphatic carbocycles. The molecule has 0 saturated carbocycles. The molecule has 0 bridgehead atoms. The molecule has 39 heavy (non-hydrogen) atoms. The molecule has 3 heterocycles. The fourth-order valence-corrected chi connectivity index (χ4v) is 4.79. The molecule has 2 aliphatic rings. The fourth-order valence-electron chi connectivity index (χ4n) is 4.79. The predicted octanol–water partition coefficient (Wildman–Crippen LogP) is 2.86. The lowest BCUT2D eigenvalue weighted by Gasteiger charge is -2.23. The van der Waals surface area contributed by atoms with Gasteiger partial charge in [-0.05, 0) is 48.7 Å². The van der Waals surface area contributed by atoms with Gasteiger partial charge < -0.3 is 30.8 Å². The highest BCUT2D eigenvalue weighted by Crippen LogP contribution is 2.37. The van der Waals surface area contributed by atoms with Crippen molar-refractivity contribution in [3.05, 3.63) is 66.0 Å². The first kappa shape index (κ1) is 29.6. The van der Waals surface area contributed by atoms with Crippen LogP contribution in [0.25, 0.3) is 0 Å². The number of ether oxygens (including phenoxy) is 1. The Hall–Kier alpha value is -4.00. The van der Waals surface area contributed by atoms with Crippen molar-refractivity contribution in [2.45, 2.75) is 19.6 Å². The number of nitrogens with zero attached hydrogens (tertiary/aromatic N) is 5. The van der Waals surface area contributed by atoms with Gasteiger partial charge in [0.15, 0.2) is 0 Å². The van der Waals surface area contributed by atoms with E-state index in [0.29, 0.717) is 26.2 Å². The number of fused-ring (bicyclic) bond motifs is 1. The second-order valence-electron chi connectivity index (χ2n) is 9.52. The van der Waals surface area contributed by atoms with Crippen molar-refractivity contribution >= 4 is 18.0 Å². The van der Waals surface area contributed by atoms with Crippen molar-refractivity contribution in [3.63, 3.8) is 0 Å². The molecule has 13 heteroatoms. The highest BCUT2D eigenvalue weighted by atomic mass is 19.4. The maximum atomic E-state index is 13.9. The van der Waals surface area contributed by atoms with Crippen LogP contribution in [0.5, 0.6) is 5.75 Å². The number of likely N-dealkylation sites (tertiary alicyclic amines) is 2. The van der Waals surface area contributed by atoms with Gasteiger partial charge in [0, 0.05) is 53.0 Å². The van der Waals surface area contributed by atoms with Crippen molar-refractivity contribution in [2.75, 3.05) is 45.2 Å². The molecule has 4 rings (SSSR count). The summed E-state index contributed by atoms with van der Waals surface area (Å²) in [7, 11) is 3.75. The smallest absolute Gasteiger partial charge is 0.416 e. The Morgan fingerprint density at radius 1 is 1.18 bits per heavy atom. The Bertz CT molecular complexity index is 1200. The molecule has 2 atom stereocenters. The molecule has 2 saturated heterocycles. The van der Waals surface area contributed by atoms with Crippen LogP contribution >= 0.6 is 0 Å². The number of carbonyl (C=O) groups excluding carboxylic acids is 2. The third-order valence-corrected chi connectivity index (χ3v) is 6.55. The minimum atomic E-state index is -4.54. The summed E-state index contributed by atoms with van der Waals surface area (Å²) in [5.74, 6) is 0.562. The number of alkyl halides is 3. The van der Waals surface area contributed by atoms with Gasteiger partial charge in [0.1, 0.15) is 17.8 Å². The molecule has 2 aliphatic heterocycles. The molecule has 2 unspecified atom stereocenters. The lowest BCUT2D eigenvalue weighted by atomic mass is 10.0. The van der Waals surface area contributed by atoms with Crippen molar-refractivity contribution in [1.82, 2.24) is 19.6 Å². The van der Waals surface area contributed by atoms with E-state index in [9.17, 15) is 18.0 Å². The first-order valence-corrected chi connectivity index (χ1v) is 12.3. The summed E-state index contributed by atoms with van der Waals surface area (Å²) in [6.45, 7) is 3.95. The standard InChI is InChI=1S/C24H30F3N7O2.C2H4O/c1-31(2)19-9-30-34(15-19)23(35)33-13-17-11-32(12-18(17)14-33)10-16-3-4-20(7-22(16)24(25,26)27)36-21(8-29)5-6-28;1-2-3/h3-9,15,17-18H,10-14,28-29H2,1-2H3;2H,1H3/b6-5-,21-8+;. The van der Waals surface area contributed by atoms with Gasteiger partial charge >= 0.3 is 12.2 Å². The van der Waals surface area contributed by atoms with E-state index in [4.69, 9.17) is 21.0 Å². The minimum absolute atomic E-state index is 0.0179. The van der Waals surface area contributed by atoms with Crippen LogP contribution in [-0.2, 0) is 17.5 Å². The van der Waals surface area contributed by atoms with Gasteiger partial charge in [-0.15, -0.1) is 0 Å². The molecule has 2 aromatic rings. The lowest BCUT2D eigenvalue weighted by Crippen LogP contribution is -2.36. The summed E-state index contributed by atoms with van der Waals surface area (Å²) < 4.78 is 48.3. The molecule has 4 N–H and O–H groups in total. The van der Waals surface area contributed by atoms with Gasteiger partial charge in [0.2, 0.25) is 0 Å². The Morgan fingerprint density at radius 3 is 2.33 bits per heavy atom. The number of hydrogen-bond donors (Lipinski definition) is 2. The zero-order valence-corrected chi connectivity index (χ0v) is 22.1. The maximum Gasteiger partial charge on any atom is 0.416 e. The third kappa shape index (κ3) is 7.31. The fraction of sp³-hybridized carbons (Fsp3) is 0.423. The van der Waals surface area contributed by atoms with Gasteiger partial charge in [-0.1, -0.05) is 6.07 Å². The Balaban J connectivity index is 0.00000134. The molecule has 1 aromatic heterocycles. The maximum absolute atomic E-state index is 13.9. The first-order chi connectivity index (χ1) is 18.5. The monoisotopic (exact) mass is 549 g/mol. The summed E-state index contributed by atoms with van der Waals surface area (Å²) >= 11 is 0. The van der Waals surface area contributed by atoms with E-state index in [2.05, 4.69) is 5.10 Å². The highest BCUT2D eigenvalue weighted by Gasteiger charge is 2.43. The van der Waals surface area contributed by atoms with Gasteiger partial charge in [-0.25, -0.2) is 4.79 Å². The van der Waals surface area contributed by atoms with Gasteiger partial charge in [0.05, 0.1) is 23.6 Å². The molecule has 0 spiro atoms. The summed E-state index contributed by atoms with van der Waals surface area (Å²) in [6, 6.07) is 3.71. The summed E-state index contributed by atoms with van der Waals surface area (Å²) in [4.78, 5) is 27.3. The number of nitrogens with two attached hydrogens (primary N) is 2. The van der Waals surface area contributed by atoms with E-state index in [1.807, 2.05) is 23.9 Å². The normalized spacial score (nSPS) is 19.5. The number of benzene rings is 1. The quantitative estimate of drug-likeness (QED) is 0.321. The molecule has 10 nitrogen and oxygen atoms in total. The van der Waals surface area contributed by atoms with E-state index in [-0.39, 0.29) is 41.5 Å². The number of allylic oxidation sites excluding steroid dienone is 1. The molecule has 1 amide bonds. The Morgan fingerprint density at radius 2 is 1.82 bits per heavy atom. The molecule has 1 aromatic carbocycles. The van der Waals surface area contributed by atoms with Crippen molar-refractivity contribution in [1.29, 1.82) is 0 Å². The highest BCUT2D eigenvalue weighted by molar-refractivity contribution is 5.77. The molecule has 2 fully saturated rings. The zero-order chi connectivity index (χ0) is 28.7. The summed E-state index contributed by atoms with van der Waals surface area (Å²) in [5.41, 5.74) is 11.0. The van der Waals surface area contributed by atoms with Crippen molar-refractivity contribution < 1.29 is 27.5 Å². The van der Waals surface area contributed by atoms with E-state index in [1.54, 1.807) is 17.3 Å². The number of aromatic nitrogens is 2. The van der Waals surface area contributed by atoms with Crippen LogP contribution in [0.15, 0.2) is 54.8 Å². The second kappa shape index (κ2) is 12.7. The van der Waals surface area contributed by atoms with Crippen LogP contribution in [0.4, 0.5) is 23.7 Å². The molecule has 212 valence electrons. The second-order valence-corrected chi connectivity index (χ2v) is 9.52. The van der Waals surface area contributed by atoms with Gasteiger partial charge in [0.25, 0.3) is 0 Å². The summed E-state index contributed by atoms with van der Waals surface area (Å²) in [6.07, 6.45) is 3.19. The average Bonchev–Trinajstić information content (AvgIpc) is 3.59. The van der Waals surface area contributed by atoms with Crippen LogP contribution in [-0.4, -0.2) is 72.2 Å². The van der Waals surface area contributed by atoms with Crippen molar-refractivity contribution in [2.24, 2.45) is 23.3 Å². The third-order valence-electron chi connectivity index (χ3n) is 6.55. The van der Waals surface area contributed by atoms with E-state index < -0.39 is 11.7 Å².